The topological polar surface area (TPSA) is 94.4 Å². The molecule has 2 heterocycles. The summed E-state index contributed by atoms with van der Waals surface area (Å²) in [5.74, 6) is 0.704. The summed E-state index contributed by atoms with van der Waals surface area (Å²) < 4.78 is 0. The first-order valence-electron chi connectivity index (χ1n) is 5.06. The van der Waals surface area contributed by atoms with E-state index in [0.29, 0.717) is 23.4 Å². The number of aromatic amines is 3. The summed E-state index contributed by atoms with van der Waals surface area (Å²) in [5, 5.41) is 0. The molecule has 2 aromatic heterocycles. The predicted molar refractivity (Wildman–Crippen MR) is 60.5 cm³/mol. The van der Waals surface area contributed by atoms with Gasteiger partial charge in [0, 0.05) is 6.42 Å². The maximum atomic E-state index is 11.4. The number of rotatable bonds is 1. The molecule has 6 nitrogen and oxygen atoms in total. The van der Waals surface area contributed by atoms with E-state index in [1.807, 2.05) is 0 Å². The summed E-state index contributed by atoms with van der Waals surface area (Å²) in [4.78, 5) is 34.2. The standard InChI is InChI=1S/C10H14N4O2/c1-10(2,3)4-5-11-6-7(12-5)13-9(16)14-8(6)15/h4H2,1-3H3,(H3,11,12,13,14,15,16). The molecule has 3 N–H and O–H groups in total. The Morgan fingerprint density at radius 1 is 1.12 bits per heavy atom. The molecular formula is C10H14N4O2. The minimum atomic E-state index is -0.536. The van der Waals surface area contributed by atoms with E-state index in [-0.39, 0.29) is 5.41 Å². The SMILES string of the molecule is CC(C)(C)Cc1nc2[nH]c(=O)[nH]c(=O)c2[nH]1. The molecule has 0 atom stereocenters. The molecule has 2 rings (SSSR count). The van der Waals surface area contributed by atoms with E-state index in [0.717, 1.165) is 0 Å². The first kappa shape index (κ1) is 10.7. The maximum absolute atomic E-state index is 11.4. The molecule has 0 aliphatic rings. The predicted octanol–water partition coefficient (Wildman–Crippen LogP) is 0.528. The fourth-order valence-corrected chi connectivity index (χ4v) is 1.57. The van der Waals surface area contributed by atoms with Crippen LogP contribution in [0.4, 0.5) is 0 Å². The third kappa shape index (κ3) is 2.05. The first-order chi connectivity index (χ1) is 7.35. The van der Waals surface area contributed by atoms with Gasteiger partial charge in [0.05, 0.1) is 0 Å². The lowest BCUT2D eigenvalue weighted by atomic mass is 9.92. The Bertz CT molecular complexity index is 627. The van der Waals surface area contributed by atoms with Crippen molar-refractivity contribution in [3.63, 3.8) is 0 Å². The van der Waals surface area contributed by atoms with Crippen molar-refractivity contribution in [3.05, 3.63) is 26.7 Å². The Labute approximate surface area is 91.1 Å². The summed E-state index contributed by atoms with van der Waals surface area (Å²) in [7, 11) is 0. The van der Waals surface area contributed by atoms with Gasteiger partial charge in [-0.3, -0.25) is 14.8 Å². The molecule has 0 aromatic carbocycles. The van der Waals surface area contributed by atoms with Gasteiger partial charge in [-0.25, -0.2) is 9.78 Å². The Kier molecular flexibility index (Phi) is 2.22. The summed E-state index contributed by atoms with van der Waals surface area (Å²) in [5.41, 5.74) is -0.273. The lowest BCUT2D eigenvalue weighted by Gasteiger charge is -2.15. The van der Waals surface area contributed by atoms with Crippen molar-refractivity contribution in [2.24, 2.45) is 5.41 Å². The van der Waals surface area contributed by atoms with Crippen LogP contribution in [0.25, 0.3) is 11.2 Å². The maximum Gasteiger partial charge on any atom is 0.327 e. The number of hydrogen-bond donors (Lipinski definition) is 3. The van der Waals surface area contributed by atoms with Gasteiger partial charge in [0.2, 0.25) is 0 Å². The number of imidazole rings is 1. The smallest absolute Gasteiger partial charge is 0.327 e. The molecule has 0 saturated carbocycles. The highest BCUT2D eigenvalue weighted by Crippen LogP contribution is 2.19. The average molecular weight is 222 g/mol. The quantitative estimate of drug-likeness (QED) is 0.656. The van der Waals surface area contributed by atoms with Gasteiger partial charge >= 0.3 is 5.69 Å². The van der Waals surface area contributed by atoms with Crippen molar-refractivity contribution >= 4 is 11.2 Å². The van der Waals surface area contributed by atoms with Crippen molar-refractivity contribution in [2.45, 2.75) is 27.2 Å². The number of H-pyrrole nitrogens is 3. The number of fused-ring (bicyclic) bond motifs is 1. The highest BCUT2D eigenvalue weighted by Gasteiger charge is 2.15. The van der Waals surface area contributed by atoms with E-state index in [2.05, 4.69) is 40.7 Å². The normalized spacial score (nSPS) is 12.2. The van der Waals surface area contributed by atoms with Gasteiger partial charge in [0.25, 0.3) is 5.56 Å². The van der Waals surface area contributed by atoms with Crippen molar-refractivity contribution in [1.29, 1.82) is 0 Å². The molecule has 0 saturated heterocycles. The number of nitrogens with one attached hydrogen (secondary N) is 3. The van der Waals surface area contributed by atoms with Gasteiger partial charge in [0.1, 0.15) is 11.3 Å². The van der Waals surface area contributed by atoms with E-state index in [4.69, 9.17) is 0 Å². The van der Waals surface area contributed by atoms with Gasteiger partial charge in [-0.15, -0.1) is 0 Å². The summed E-state index contributed by atoms with van der Waals surface area (Å²) in [6.45, 7) is 6.23. The second kappa shape index (κ2) is 3.33. The molecule has 2 aromatic rings. The highest BCUT2D eigenvalue weighted by molar-refractivity contribution is 5.68. The minimum Gasteiger partial charge on any atom is -0.336 e. The minimum absolute atomic E-state index is 0.0704. The number of hydrogen-bond acceptors (Lipinski definition) is 3. The third-order valence-corrected chi connectivity index (χ3v) is 2.14. The van der Waals surface area contributed by atoms with Gasteiger partial charge in [-0.1, -0.05) is 20.8 Å². The monoisotopic (exact) mass is 222 g/mol. The zero-order valence-corrected chi connectivity index (χ0v) is 9.47. The molecule has 0 radical (unpaired) electrons. The summed E-state index contributed by atoms with van der Waals surface area (Å²) in [6.07, 6.45) is 0.711. The molecular weight excluding hydrogens is 208 g/mol. The fraction of sp³-hybridized carbons (Fsp3) is 0.500. The molecule has 16 heavy (non-hydrogen) atoms. The van der Waals surface area contributed by atoms with Crippen LogP contribution in [-0.2, 0) is 6.42 Å². The van der Waals surface area contributed by atoms with Crippen molar-refractivity contribution in [3.8, 4) is 0 Å². The lowest BCUT2D eigenvalue weighted by Crippen LogP contribution is -2.21. The van der Waals surface area contributed by atoms with E-state index in [1.165, 1.54) is 0 Å². The second-order valence-electron chi connectivity index (χ2n) is 5.05. The first-order valence-corrected chi connectivity index (χ1v) is 5.06. The molecule has 0 unspecified atom stereocenters. The van der Waals surface area contributed by atoms with Crippen molar-refractivity contribution in [2.75, 3.05) is 0 Å². The van der Waals surface area contributed by atoms with E-state index >= 15 is 0 Å². The molecule has 86 valence electrons. The second-order valence-corrected chi connectivity index (χ2v) is 5.05. The molecule has 0 spiro atoms. The number of aromatic nitrogens is 4. The summed E-state index contributed by atoms with van der Waals surface area (Å²) in [6, 6.07) is 0. The van der Waals surface area contributed by atoms with Crippen molar-refractivity contribution in [1.82, 2.24) is 19.9 Å². The van der Waals surface area contributed by atoms with Gasteiger partial charge in [-0.05, 0) is 5.41 Å². The van der Waals surface area contributed by atoms with Crippen molar-refractivity contribution < 1.29 is 0 Å². The molecule has 0 fully saturated rings. The van der Waals surface area contributed by atoms with Crippen LogP contribution in [0.15, 0.2) is 9.59 Å². The number of nitrogens with zero attached hydrogens (tertiary/aromatic N) is 1. The van der Waals surface area contributed by atoms with E-state index in [9.17, 15) is 9.59 Å². The van der Waals surface area contributed by atoms with E-state index < -0.39 is 11.2 Å². The van der Waals surface area contributed by atoms with Crippen LogP contribution in [0.1, 0.15) is 26.6 Å². The third-order valence-electron chi connectivity index (χ3n) is 2.14. The Morgan fingerprint density at radius 2 is 1.81 bits per heavy atom. The summed E-state index contributed by atoms with van der Waals surface area (Å²) >= 11 is 0. The highest BCUT2D eigenvalue weighted by atomic mass is 16.2. The van der Waals surface area contributed by atoms with Crippen LogP contribution in [0.5, 0.6) is 0 Å². The molecule has 0 aliphatic heterocycles. The Balaban J connectivity index is 2.57. The lowest BCUT2D eigenvalue weighted by molar-refractivity contribution is 0.402. The zero-order valence-electron chi connectivity index (χ0n) is 9.47. The van der Waals surface area contributed by atoms with Crippen LogP contribution < -0.4 is 11.2 Å². The zero-order chi connectivity index (χ0) is 11.9. The van der Waals surface area contributed by atoms with E-state index in [1.54, 1.807) is 0 Å². The van der Waals surface area contributed by atoms with Gasteiger partial charge in [-0.2, -0.15) is 0 Å². The van der Waals surface area contributed by atoms with Gasteiger partial charge in [0.15, 0.2) is 5.65 Å². The fourth-order valence-electron chi connectivity index (χ4n) is 1.57. The van der Waals surface area contributed by atoms with Gasteiger partial charge < -0.3 is 4.98 Å². The molecule has 0 amide bonds. The van der Waals surface area contributed by atoms with Crippen LogP contribution in [0.3, 0.4) is 0 Å². The van der Waals surface area contributed by atoms with Crippen LogP contribution in [0, 0.1) is 5.41 Å². The molecule has 6 heteroatoms. The Morgan fingerprint density at radius 3 is 2.44 bits per heavy atom. The molecule has 0 bridgehead atoms. The largest absolute Gasteiger partial charge is 0.336 e. The van der Waals surface area contributed by atoms with Crippen LogP contribution in [0.2, 0.25) is 0 Å². The Hall–Kier alpha value is -1.85. The molecule has 0 aliphatic carbocycles. The van der Waals surface area contributed by atoms with Crippen LogP contribution in [-0.4, -0.2) is 19.9 Å². The van der Waals surface area contributed by atoms with Crippen LogP contribution >= 0.6 is 0 Å². The average Bonchev–Trinajstić information content (AvgIpc) is 2.43.